The maximum atomic E-state index is 11.9. The molecule has 8 nitrogen and oxygen atoms in total. The summed E-state index contributed by atoms with van der Waals surface area (Å²) in [5.74, 6) is -1.79. The number of carboxylic acids is 1. The number of nitrogens with zero attached hydrogens (tertiary/aromatic N) is 3. The number of aliphatic carboxylic acids is 1. The van der Waals surface area contributed by atoms with Gasteiger partial charge in [0.2, 0.25) is 5.91 Å². The van der Waals surface area contributed by atoms with Gasteiger partial charge in [-0.05, 0) is 26.7 Å². The summed E-state index contributed by atoms with van der Waals surface area (Å²) in [6.07, 6.45) is -1.42. The molecule has 0 saturated carbocycles. The van der Waals surface area contributed by atoms with Crippen molar-refractivity contribution in [2.24, 2.45) is 0 Å². The summed E-state index contributed by atoms with van der Waals surface area (Å²) < 4.78 is 42.9. The first-order valence-electron chi connectivity index (χ1n) is 9.44. The lowest BCUT2D eigenvalue weighted by molar-refractivity contribution is -0.192. The van der Waals surface area contributed by atoms with Gasteiger partial charge in [-0.15, -0.1) is 6.58 Å². The minimum absolute atomic E-state index is 0.0636. The van der Waals surface area contributed by atoms with E-state index in [0.29, 0.717) is 13.1 Å². The van der Waals surface area contributed by atoms with Crippen molar-refractivity contribution < 1.29 is 37.1 Å². The summed E-state index contributed by atoms with van der Waals surface area (Å²) in [5, 5.41) is 11.1. The van der Waals surface area contributed by atoms with Gasteiger partial charge in [-0.1, -0.05) is 11.2 Å². The van der Waals surface area contributed by atoms with Crippen LogP contribution in [0.25, 0.3) is 0 Å². The van der Waals surface area contributed by atoms with E-state index in [1.807, 2.05) is 18.7 Å². The van der Waals surface area contributed by atoms with Gasteiger partial charge in [0, 0.05) is 31.7 Å². The Kier molecular flexibility index (Phi) is 7.64. The molecule has 2 saturated heterocycles. The monoisotopic (exact) mass is 433 g/mol. The number of morpholine rings is 1. The molecule has 3 heterocycles. The van der Waals surface area contributed by atoms with Gasteiger partial charge in [0.1, 0.15) is 12.4 Å². The minimum atomic E-state index is -5.08. The first-order chi connectivity index (χ1) is 14.0. The van der Waals surface area contributed by atoms with E-state index in [-0.39, 0.29) is 18.1 Å². The van der Waals surface area contributed by atoms with Gasteiger partial charge < -0.3 is 19.3 Å². The molecule has 0 radical (unpaired) electrons. The summed E-state index contributed by atoms with van der Waals surface area (Å²) in [4.78, 5) is 25.1. The van der Waals surface area contributed by atoms with Gasteiger partial charge in [0.05, 0.1) is 17.8 Å². The zero-order valence-electron chi connectivity index (χ0n) is 17.0. The van der Waals surface area contributed by atoms with Gasteiger partial charge in [0.25, 0.3) is 0 Å². The van der Waals surface area contributed by atoms with Crippen LogP contribution < -0.4 is 0 Å². The molecule has 1 aromatic heterocycles. The number of hydrogen-bond donors (Lipinski definition) is 1. The van der Waals surface area contributed by atoms with Gasteiger partial charge in [0.15, 0.2) is 0 Å². The summed E-state index contributed by atoms with van der Waals surface area (Å²) in [7, 11) is 0. The molecule has 1 amide bonds. The van der Waals surface area contributed by atoms with Crippen LogP contribution >= 0.6 is 0 Å². The van der Waals surface area contributed by atoms with Crippen molar-refractivity contribution in [2.75, 3.05) is 32.8 Å². The van der Waals surface area contributed by atoms with Crippen LogP contribution in [-0.4, -0.2) is 76.5 Å². The van der Waals surface area contributed by atoms with Gasteiger partial charge in [-0.25, -0.2) is 4.79 Å². The number of hydrogen-bond acceptors (Lipinski definition) is 6. The van der Waals surface area contributed by atoms with Crippen molar-refractivity contribution in [2.45, 2.75) is 45.0 Å². The maximum Gasteiger partial charge on any atom is 0.490 e. The number of carbonyl (C=O) groups excluding carboxylic acids is 1. The Balaban J connectivity index is 0.000000396. The lowest BCUT2D eigenvalue weighted by Crippen LogP contribution is -2.58. The second-order valence-electron chi connectivity index (χ2n) is 7.42. The van der Waals surface area contributed by atoms with E-state index in [1.165, 1.54) is 5.56 Å². The minimum Gasteiger partial charge on any atom is -0.475 e. The lowest BCUT2D eigenvalue weighted by atomic mass is 9.89. The smallest absolute Gasteiger partial charge is 0.475 e. The maximum absolute atomic E-state index is 11.9. The van der Waals surface area contributed by atoms with Gasteiger partial charge in [-0.2, -0.15) is 13.2 Å². The van der Waals surface area contributed by atoms with Crippen molar-refractivity contribution >= 4 is 11.9 Å². The molecule has 2 aliphatic rings. The highest BCUT2D eigenvalue weighted by atomic mass is 19.4. The summed E-state index contributed by atoms with van der Waals surface area (Å²) in [6, 6.07) is 0. The highest BCUT2D eigenvalue weighted by molar-refractivity contribution is 5.78. The molecular weight excluding hydrogens is 407 g/mol. The van der Waals surface area contributed by atoms with E-state index in [4.69, 9.17) is 19.2 Å². The second-order valence-corrected chi connectivity index (χ2v) is 7.42. The molecule has 11 heteroatoms. The Morgan fingerprint density at radius 1 is 1.33 bits per heavy atom. The molecule has 0 atom stereocenters. The van der Waals surface area contributed by atoms with Crippen LogP contribution in [0.4, 0.5) is 13.2 Å². The molecule has 0 aromatic carbocycles. The molecule has 0 bridgehead atoms. The number of carboxylic acid groups (broad SMARTS) is 1. The van der Waals surface area contributed by atoms with Crippen LogP contribution in [0.5, 0.6) is 0 Å². The van der Waals surface area contributed by atoms with Crippen molar-refractivity contribution in [1.82, 2.24) is 15.0 Å². The fraction of sp³-hybridized carbons (Fsp3) is 0.632. The number of piperidine rings is 1. The van der Waals surface area contributed by atoms with Crippen LogP contribution in [0.15, 0.2) is 17.2 Å². The molecule has 1 aromatic rings. The van der Waals surface area contributed by atoms with E-state index in [9.17, 15) is 18.0 Å². The van der Waals surface area contributed by atoms with E-state index in [1.54, 1.807) is 6.08 Å². The standard InChI is InChI=1S/C17H25N3O3.C2HF3O2/c1-4-7-20-12-17(22-11-16(20)21)5-8-19(9-6-17)10-15-13(2)18-23-14(15)3;3-2(4,5)1(6)7/h4H,1,5-12H2,2-3H3;(H,6,7). The molecule has 1 spiro atoms. The van der Waals surface area contributed by atoms with Crippen molar-refractivity contribution in [3.05, 3.63) is 29.7 Å². The zero-order chi connectivity index (χ0) is 22.5. The Morgan fingerprint density at radius 3 is 2.40 bits per heavy atom. The Morgan fingerprint density at radius 2 is 1.93 bits per heavy atom. The van der Waals surface area contributed by atoms with Crippen LogP contribution in [-0.2, 0) is 20.9 Å². The third-order valence-corrected chi connectivity index (χ3v) is 5.26. The van der Waals surface area contributed by atoms with E-state index >= 15 is 0 Å². The third kappa shape index (κ3) is 6.05. The van der Waals surface area contributed by atoms with Crippen molar-refractivity contribution in [1.29, 1.82) is 0 Å². The largest absolute Gasteiger partial charge is 0.490 e. The van der Waals surface area contributed by atoms with Crippen LogP contribution in [0.2, 0.25) is 0 Å². The normalized spacial score (nSPS) is 19.4. The zero-order valence-corrected chi connectivity index (χ0v) is 17.0. The SMILES string of the molecule is C=CCN1CC2(CCN(Cc3c(C)noc3C)CC2)OCC1=O.O=C(O)C(F)(F)F. The number of aryl methyl sites for hydroxylation is 2. The summed E-state index contributed by atoms with van der Waals surface area (Å²) in [5.41, 5.74) is 1.97. The number of rotatable bonds is 4. The molecule has 1 N–H and O–H groups in total. The summed E-state index contributed by atoms with van der Waals surface area (Å²) in [6.45, 7) is 11.9. The predicted molar refractivity (Wildman–Crippen MR) is 99.6 cm³/mol. The number of aromatic nitrogens is 1. The number of carbonyl (C=O) groups is 2. The molecule has 0 aliphatic carbocycles. The van der Waals surface area contributed by atoms with Gasteiger partial charge >= 0.3 is 12.1 Å². The van der Waals surface area contributed by atoms with Crippen molar-refractivity contribution in [3.8, 4) is 0 Å². The summed E-state index contributed by atoms with van der Waals surface area (Å²) >= 11 is 0. The number of likely N-dealkylation sites (tertiary alicyclic amines) is 1. The molecular formula is C19H26F3N3O5. The Bertz CT molecular complexity index is 750. The fourth-order valence-electron chi connectivity index (χ4n) is 3.48. The van der Waals surface area contributed by atoms with Crippen molar-refractivity contribution in [3.63, 3.8) is 0 Å². The highest BCUT2D eigenvalue weighted by Gasteiger charge is 2.42. The number of halogens is 3. The number of alkyl halides is 3. The molecule has 2 fully saturated rings. The van der Waals surface area contributed by atoms with Crippen LogP contribution in [0.3, 0.4) is 0 Å². The quantitative estimate of drug-likeness (QED) is 0.728. The lowest BCUT2D eigenvalue weighted by Gasteiger charge is -2.46. The molecule has 0 unspecified atom stereocenters. The first kappa shape index (κ1) is 23.9. The third-order valence-electron chi connectivity index (χ3n) is 5.26. The molecule has 168 valence electrons. The average molecular weight is 433 g/mol. The van der Waals surface area contributed by atoms with E-state index < -0.39 is 12.1 Å². The topological polar surface area (TPSA) is 96.1 Å². The highest BCUT2D eigenvalue weighted by Crippen LogP contribution is 2.31. The average Bonchev–Trinajstić information content (AvgIpc) is 2.99. The van der Waals surface area contributed by atoms with Crippen LogP contribution in [0.1, 0.15) is 29.9 Å². The molecule has 2 aliphatic heterocycles. The first-order valence-corrected chi connectivity index (χ1v) is 9.44. The van der Waals surface area contributed by atoms with Crippen LogP contribution in [0, 0.1) is 13.8 Å². The Labute approximate surface area is 172 Å². The molecule has 30 heavy (non-hydrogen) atoms. The fourth-order valence-corrected chi connectivity index (χ4v) is 3.48. The number of amides is 1. The van der Waals surface area contributed by atoms with E-state index in [0.717, 1.165) is 43.9 Å². The molecule has 3 rings (SSSR count). The van der Waals surface area contributed by atoms with E-state index in [2.05, 4.69) is 16.6 Å². The predicted octanol–water partition coefficient (Wildman–Crippen LogP) is 2.30. The van der Waals surface area contributed by atoms with Gasteiger partial charge in [-0.3, -0.25) is 9.69 Å². The Hall–Kier alpha value is -2.40. The number of ether oxygens (including phenoxy) is 1. The second kappa shape index (κ2) is 9.61.